The molecule has 0 aromatic heterocycles. The molecule has 2 N–H and O–H groups in total. The van der Waals surface area contributed by atoms with Gasteiger partial charge in [-0.15, -0.1) is 0 Å². The molecule has 0 aliphatic rings. The van der Waals surface area contributed by atoms with Gasteiger partial charge in [0.05, 0.1) is 0 Å². The Kier molecular flexibility index (Phi) is 10.6. The highest BCUT2D eigenvalue weighted by atomic mass is 16.1. The molecule has 0 spiro atoms. The van der Waals surface area contributed by atoms with Gasteiger partial charge >= 0.3 is 0 Å². The van der Waals surface area contributed by atoms with Gasteiger partial charge in [-0.3, -0.25) is 4.79 Å². The Labute approximate surface area is 101 Å². The molecule has 0 aromatic rings. The van der Waals surface area contributed by atoms with Crippen molar-refractivity contribution in [2.24, 2.45) is 11.7 Å². The van der Waals surface area contributed by atoms with Gasteiger partial charge in [-0.2, -0.15) is 0 Å². The number of primary amides is 1. The second kappa shape index (κ2) is 11.0. The molecule has 0 saturated carbocycles. The number of amides is 1. The average Bonchev–Trinajstić information content (AvgIpc) is 2.26. The van der Waals surface area contributed by atoms with Crippen molar-refractivity contribution in [2.45, 2.75) is 78.1 Å². The first-order valence-corrected chi connectivity index (χ1v) is 6.97. The summed E-state index contributed by atoms with van der Waals surface area (Å²) in [5, 5.41) is 0. The highest BCUT2D eigenvalue weighted by Gasteiger charge is 2.06. The van der Waals surface area contributed by atoms with Crippen LogP contribution in [0.25, 0.3) is 0 Å². The Morgan fingerprint density at radius 2 is 1.38 bits per heavy atom. The quantitative estimate of drug-likeness (QED) is 0.532. The Morgan fingerprint density at radius 1 is 0.938 bits per heavy atom. The molecule has 0 rings (SSSR count). The van der Waals surface area contributed by atoms with Gasteiger partial charge in [0.2, 0.25) is 5.91 Å². The molecule has 0 bridgehead atoms. The van der Waals surface area contributed by atoms with Crippen LogP contribution in [0, 0.1) is 5.92 Å². The normalized spacial score (nSPS) is 12.6. The Bertz CT molecular complexity index is 168. The third kappa shape index (κ3) is 10.0. The zero-order valence-corrected chi connectivity index (χ0v) is 11.1. The summed E-state index contributed by atoms with van der Waals surface area (Å²) >= 11 is 0. The third-order valence-corrected chi connectivity index (χ3v) is 3.23. The molecule has 0 aliphatic carbocycles. The maximum Gasteiger partial charge on any atom is 0.220 e. The number of unbranched alkanes of at least 4 members (excludes halogenated alkanes) is 8. The van der Waals surface area contributed by atoms with Crippen LogP contribution in [-0.4, -0.2) is 5.91 Å². The van der Waals surface area contributed by atoms with Crippen molar-refractivity contribution in [2.75, 3.05) is 0 Å². The Balaban J connectivity index is 3.07. The van der Waals surface area contributed by atoms with Crippen molar-refractivity contribution < 1.29 is 4.79 Å². The fourth-order valence-electron chi connectivity index (χ4n) is 1.90. The molecular weight excluding hydrogens is 198 g/mol. The van der Waals surface area contributed by atoms with Crippen molar-refractivity contribution in [3.05, 3.63) is 0 Å². The van der Waals surface area contributed by atoms with Gasteiger partial charge in [-0.1, -0.05) is 71.6 Å². The van der Waals surface area contributed by atoms with Gasteiger partial charge in [0.15, 0.2) is 0 Å². The number of hydrogen-bond donors (Lipinski definition) is 1. The van der Waals surface area contributed by atoms with E-state index >= 15 is 0 Å². The highest BCUT2D eigenvalue weighted by molar-refractivity contribution is 5.76. The minimum Gasteiger partial charge on any atom is -0.369 e. The van der Waals surface area contributed by atoms with Crippen LogP contribution in [0.5, 0.6) is 0 Å². The Hall–Kier alpha value is -0.530. The van der Waals surface area contributed by atoms with Gasteiger partial charge in [0, 0.05) is 5.92 Å². The minimum absolute atomic E-state index is 0.0598. The largest absolute Gasteiger partial charge is 0.369 e. The van der Waals surface area contributed by atoms with Crippen LogP contribution in [0.2, 0.25) is 0 Å². The third-order valence-electron chi connectivity index (χ3n) is 3.23. The van der Waals surface area contributed by atoms with Crippen molar-refractivity contribution in [1.82, 2.24) is 0 Å². The molecule has 1 amide bonds. The standard InChI is InChI=1S/C14H29NO/c1-3-4-5-6-7-8-9-10-11-12-13(2)14(15)16/h13H,3-12H2,1-2H3,(H2,15,16). The second-order valence-electron chi connectivity index (χ2n) is 4.92. The first-order chi connectivity index (χ1) is 7.68. The molecule has 1 unspecified atom stereocenters. The van der Waals surface area contributed by atoms with E-state index in [0.717, 1.165) is 12.8 Å². The lowest BCUT2D eigenvalue weighted by molar-refractivity contribution is -0.121. The molecule has 0 aliphatic heterocycles. The minimum atomic E-state index is -0.153. The van der Waals surface area contributed by atoms with E-state index < -0.39 is 0 Å². The molecule has 0 saturated heterocycles. The van der Waals surface area contributed by atoms with E-state index in [1.54, 1.807) is 0 Å². The monoisotopic (exact) mass is 227 g/mol. The SMILES string of the molecule is CCCCCCCCCCCC(C)C(N)=O. The lowest BCUT2D eigenvalue weighted by Gasteiger charge is -2.06. The fraction of sp³-hybridized carbons (Fsp3) is 0.929. The maximum atomic E-state index is 10.8. The molecule has 0 radical (unpaired) electrons. The van der Waals surface area contributed by atoms with Gasteiger partial charge in [0.1, 0.15) is 0 Å². The summed E-state index contributed by atoms with van der Waals surface area (Å²) in [6, 6.07) is 0. The predicted molar refractivity (Wildman–Crippen MR) is 70.2 cm³/mol. The van der Waals surface area contributed by atoms with E-state index in [9.17, 15) is 4.79 Å². The predicted octanol–water partition coefficient (Wildman–Crippen LogP) is 4.03. The fourth-order valence-corrected chi connectivity index (χ4v) is 1.90. The summed E-state index contributed by atoms with van der Waals surface area (Å²) < 4.78 is 0. The van der Waals surface area contributed by atoms with Crippen LogP contribution in [0.15, 0.2) is 0 Å². The molecule has 1 atom stereocenters. The van der Waals surface area contributed by atoms with Crippen LogP contribution in [0.3, 0.4) is 0 Å². The number of carbonyl (C=O) groups is 1. The smallest absolute Gasteiger partial charge is 0.220 e. The lowest BCUT2D eigenvalue weighted by Crippen LogP contribution is -2.20. The van der Waals surface area contributed by atoms with Gasteiger partial charge < -0.3 is 5.73 Å². The maximum absolute atomic E-state index is 10.8. The zero-order chi connectivity index (χ0) is 12.2. The zero-order valence-electron chi connectivity index (χ0n) is 11.1. The summed E-state index contributed by atoms with van der Waals surface area (Å²) in [7, 11) is 0. The van der Waals surface area contributed by atoms with Crippen LogP contribution >= 0.6 is 0 Å². The van der Waals surface area contributed by atoms with E-state index in [-0.39, 0.29) is 11.8 Å². The molecule has 2 heteroatoms. The summed E-state index contributed by atoms with van der Waals surface area (Å²) in [6.07, 6.45) is 12.9. The van der Waals surface area contributed by atoms with Crippen molar-refractivity contribution in [1.29, 1.82) is 0 Å². The number of nitrogens with two attached hydrogens (primary N) is 1. The molecular formula is C14H29NO. The van der Waals surface area contributed by atoms with E-state index in [1.165, 1.54) is 51.4 Å². The van der Waals surface area contributed by atoms with E-state index in [2.05, 4.69) is 6.92 Å². The summed E-state index contributed by atoms with van der Waals surface area (Å²) in [5.41, 5.74) is 5.21. The van der Waals surface area contributed by atoms with Crippen molar-refractivity contribution >= 4 is 5.91 Å². The molecule has 2 nitrogen and oxygen atoms in total. The van der Waals surface area contributed by atoms with E-state index in [0.29, 0.717) is 0 Å². The Morgan fingerprint density at radius 3 is 1.81 bits per heavy atom. The van der Waals surface area contributed by atoms with Gasteiger partial charge in [-0.25, -0.2) is 0 Å². The van der Waals surface area contributed by atoms with Crippen molar-refractivity contribution in [3.8, 4) is 0 Å². The van der Waals surface area contributed by atoms with Gasteiger partial charge in [0.25, 0.3) is 0 Å². The molecule has 96 valence electrons. The number of carbonyl (C=O) groups excluding carboxylic acids is 1. The second-order valence-corrected chi connectivity index (χ2v) is 4.92. The highest BCUT2D eigenvalue weighted by Crippen LogP contribution is 2.13. The van der Waals surface area contributed by atoms with E-state index in [4.69, 9.17) is 5.73 Å². The molecule has 0 aromatic carbocycles. The van der Waals surface area contributed by atoms with Crippen LogP contribution in [-0.2, 0) is 4.79 Å². The van der Waals surface area contributed by atoms with Crippen LogP contribution in [0.1, 0.15) is 78.1 Å². The first kappa shape index (κ1) is 15.5. The van der Waals surface area contributed by atoms with Crippen molar-refractivity contribution in [3.63, 3.8) is 0 Å². The van der Waals surface area contributed by atoms with E-state index in [1.807, 2.05) is 6.92 Å². The first-order valence-electron chi connectivity index (χ1n) is 6.97. The summed E-state index contributed by atoms with van der Waals surface area (Å²) in [4.78, 5) is 10.8. The van der Waals surface area contributed by atoms with Crippen LogP contribution in [0.4, 0.5) is 0 Å². The topological polar surface area (TPSA) is 43.1 Å². The van der Waals surface area contributed by atoms with Gasteiger partial charge in [-0.05, 0) is 6.42 Å². The lowest BCUT2D eigenvalue weighted by atomic mass is 10.0. The number of hydrogen-bond acceptors (Lipinski definition) is 1. The average molecular weight is 227 g/mol. The van der Waals surface area contributed by atoms with Crippen LogP contribution < -0.4 is 5.73 Å². The molecule has 0 heterocycles. The number of rotatable bonds is 11. The summed E-state index contributed by atoms with van der Waals surface area (Å²) in [5.74, 6) is -0.0934. The molecule has 0 fully saturated rings. The summed E-state index contributed by atoms with van der Waals surface area (Å²) in [6.45, 7) is 4.17. The molecule has 16 heavy (non-hydrogen) atoms.